The van der Waals surface area contributed by atoms with E-state index in [4.69, 9.17) is 0 Å². The molecule has 0 atom stereocenters. The standard InChI is InChI=1S/C14H14F3N3O2S/c1-3-11-12(23-19-18-11)13(21)20(2)8-9-4-6-10(7-5-9)22-14(15,16)17/h4-7H,3,8H2,1-2H3. The first-order chi connectivity index (χ1) is 10.8. The van der Waals surface area contributed by atoms with Crippen LogP contribution in [-0.4, -0.2) is 33.8 Å². The molecule has 2 rings (SSSR count). The SMILES string of the molecule is CCc1nnsc1C(=O)N(C)Cc1ccc(OC(F)(F)F)cc1. The monoisotopic (exact) mass is 345 g/mol. The highest BCUT2D eigenvalue weighted by molar-refractivity contribution is 7.07. The number of aromatic nitrogens is 2. The van der Waals surface area contributed by atoms with Crippen LogP contribution in [0.25, 0.3) is 0 Å². The molecular weight excluding hydrogens is 331 g/mol. The van der Waals surface area contributed by atoms with E-state index >= 15 is 0 Å². The summed E-state index contributed by atoms with van der Waals surface area (Å²) in [4.78, 5) is 14.3. The lowest BCUT2D eigenvalue weighted by molar-refractivity contribution is -0.274. The Hall–Kier alpha value is -2.16. The third-order valence-corrected chi connectivity index (χ3v) is 3.76. The molecule has 0 spiro atoms. The lowest BCUT2D eigenvalue weighted by atomic mass is 10.2. The highest BCUT2D eigenvalue weighted by Gasteiger charge is 2.31. The van der Waals surface area contributed by atoms with Crippen molar-refractivity contribution in [1.82, 2.24) is 14.5 Å². The summed E-state index contributed by atoms with van der Waals surface area (Å²) >= 11 is 1.03. The summed E-state index contributed by atoms with van der Waals surface area (Å²) in [6, 6.07) is 5.40. The maximum atomic E-state index is 12.3. The molecule has 0 saturated heterocycles. The maximum Gasteiger partial charge on any atom is 0.573 e. The summed E-state index contributed by atoms with van der Waals surface area (Å²) < 4.78 is 43.9. The zero-order valence-corrected chi connectivity index (χ0v) is 13.2. The second-order valence-corrected chi connectivity index (χ2v) is 5.51. The van der Waals surface area contributed by atoms with Crippen molar-refractivity contribution in [3.63, 3.8) is 0 Å². The van der Waals surface area contributed by atoms with E-state index in [2.05, 4.69) is 14.3 Å². The smallest absolute Gasteiger partial charge is 0.406 e. The molecule has 1 amide bonds. The van der Waals surface area contributed by atoms with Crippen LogP contribution in [0.15, 0.2) is 24.3 Å². The molecule has 0 N–H and O–H groups in total. The van der Waals surface area contributed by atoms with Crippen LogP contribution < -0.4 is 4.74 Å². The largest absolute Gasteiger partial charge is 0.573 e. The topological polar surface area (TPSA) is 55.3 Å². The Kier molecular flexibility index (Phi) is 5.19. The second kappa shape index (κ2) is 6.95. The van der Waals surface area contributed by atoms with Crippen molar-refractivity contribution in [3.05, 3.63) is 40.4 Å². The molecule has 0 radical (unpaired) electrons. The number of hydrogen-bond acceptors (Lipinski definition) is 5. The first-order valence-electron chi connectivity index (χ1n) is 6.71. The highest BCUT2D eigenvalue weighted by atomic mass is 32.1. The Labute approximate surface area is 134 Å². The zero-order valence-electron chi connectivity index (χ0n) is 12.4. The molecule has 5 nitrogen and oxygen atoms in total. The van der Waals surface area contributed by atoms with E-state index in [0.29, 0.717) is 22.6 Å². The summed E-state index contributed by atoms with van der Waals surface area (Å²) in [5, 5.41) is 3.89. The van der Waals surface area contributed by atoms with E-state index in [9.17, 15) is 18.0 Å². The van der Waals surface area contributed by atoms with E-state index in [-0.39, 0.29) is 18.2 Å². The van der Waals surface area contributed by atoms with E-state index < -0.39 is 6.36 Å². The van der Waals surface area contributed by atoms with Crippen molar-refractivity contribution >= 4 is 17.4 Å². The van der Waals surface area contributed by atoms with Gasteiger partial charge >= 0.3 is 6.36 Å². The number of ether oxygens (including phenoxy) is 1. The van der Waals surface area contributed by atoms with Crippen LogP contribution in [0, 0.1) is 0 Å². The Morgan fingerprint density at radius 2 is 1.96 bits per heavy atom. The molecule has 1 aromatic heterocycles. The molecule has 0 aliphatic carbocycles. The highest BCUT2D eigenvalue weighted by Crippen LogP contribution is 2.23. The van der Waals surface area contributed by atoms with Crippen LogP contribution in [0.3, 0.4) is 0 Å². The number of rotatable bonds is 5. The third-order valence-electron chi connectivity index (χ3n) is 3.01. The molecule has 0 unspecified atom stereocenters. The molecule has 1 aromatic carbocycles. The number of nitrogens with zero attached hydrogens (tertiary/aromatic N) is 3. The molecule has 0 fully saturated rings. The average molecular weight is 345 g/mol. The Morgan fingerprint density at radius 1 is 1.30 bits per heavy atom. The normalized spacial score (nSPS) is 11.3. The lowest BCUT2D eigenvalue weighted by Gasteiger charge is -2.17. The van der Waals surface area contributed by atoms with Gasteiger partial charge in [0, 0.05) is 13.6 Å². The molecule has 9 heteroatoms. The average Bonchev–Trinajstić information content (AvgIpc) is 2.95. The quantitative estimate of drug-likeness (QED) is 0.835. The van der Waals surface area contributed by atoms with Crippen molar-refractivity contribution < 1.29 is 22.7 Å². The zero-order chi connectivity index (χ0) is 17.0. The number of aryl methyl sites for hydroxylation is 1. The molecule has 23 heavy (non-hydrogen) atoms. The van der Waals surface area contributed by atoms with Crippen molar-refractivity contribution in [1.29, 1.82) is 0 Å². The fraction of sp³-hybridized carbons (Fsp3) is 0.357. The minimum Gasteiger partial charge on any atom is -0.406 e. The van der Waals surface area contributed by atoms with Gasteiger partial charge in [-0.25, -0.2) is 0 Å². The van der Waals surface area contributed by atoms with Gasteiger partial charge < -0.3 is 9.64 Å². The first kappa shape index (κ1) is 17.2. The number of benzene rings is 1. The fourth-order valence-corrected chi connectivity index (χ4v) is 2.66. The summed E-state index contributed by atoms with van der Waals surface area (Å²) in [6.45, 7) is 2.14. The van der Waals surface area contributed by atoms with Crippen molar-refractivity contribution in [2.24, 2.45) is 0 Å². The van der Waals surface area contributed by atoms with Gasteiger partial charge in [-0.3, -0.25) is 4.79 Å². The second-order valence-electron chi connectivity index (χ2n) is 4.76. The van der Waals surface area contributed by atoms with Gasteiger partial charge in [0.1, 0.15) is 10.6 Å². The minimum atomic E-state index is -4.72. The van der Waals surface area contributed by atoms with Crippen LogP contribution in [0.1, 0.15) is 27.9 Å². The lowest BCUT2D eigenvalue weighted by Crippen LogP contribution is -2.26. The predicted molar refractivity (Wildman–Crippen MR) is 78.2 cm³/mol. The van der Waals surface area contributed by atoms with E-state index in [1.54, 1.807) is 7.05 Å². The van der Waals surface area contributed by atoms with Gasteiger partial charge in [0.05, 0.1) is 5.69 Å². The molecule has 1 heterocycles. The summed E-state index contributed by atoms with van der Waals surface area (Å²) in [6.07, 6.45) is -4.11. The Morgan fingerprint density at radius 3 is 2.52 bits per heavy atom. The maximum absolute atomic E-state index is 12.3. The van der Waals surface area contributed by atoms with Crippen LogP contribution in [0.4, 0.5) is 13.2 Å². The molecule has 124 valence electrons. The van der Waals surface area contributed by atoms with Crippen LogP contribution >= 0.6 is 11.5 Å². The Bertz CT molecular complexity index is 671. The molecule has 0 aliphatic rings. The van der Waals surface area contributed by atoms with Crippen LogP contribution in [-0.2, 0) is 13.0 Å². The van der Waals surface area contributed by atoms with Crippen LogP contribution in [0.2, 0.25) is 0 Å². The number of alkyl halides is 3. The number of hydrogen-bond donors (Lipinski definition) is 0. The van der Waals surface area contributed by atoms with Gasteiger partial charge in [0.25, 0.3) is 5.91 Å². The predicted octanol–water partition coefficient (Wildman–Crippen LogP) is 3.27. The van der Waals surface area contributed by atoms with Gasteiger partial charge in [0.2, 0.25) is 0 Å². The van der Waals surface area contributed by atoms with Crippen molar-refractivity contribution in [3.8, 4) is 5.75 Å². The summed E-state index contributed by atoms with van der Waals surface area (Å²) in [5.41, 5.74) is 1.33. The van der Waals surface area contributed by atoms with Crippen molar-refractivity contribution in [2.45, 2.75) is 26.3 Å². The number of halogens is 3. The minimum absolute atomic E-state index is 0.215. The van der Waals surface area contributed by atoms with Crippen LogP contribution in [0.5, 0.6) is 5.75 Å². The van der Waals surface area contributed by atoms with E-state index in [1.165, 1.54) is 29.2 Å². The number of carbonyl (C=O) groups is 1. The number of amides is 1. The summed E-state index contributed by atoms with van der Waals surface area (Å²) in [5.74, 6) is -0.511. The Balaban J connectivity index is 2.02. The molecule has 0 aliphatic heterocycles. The fourth-order valence-electron chi connectivity index (χ4n) is 1.92. The van der Waals surface area contributed by atoms with Gasteiger partial charge in [-0.1, -0.05) is 23.5 Å². The molecule has 0 bridgehead atoms. The van der Waals surface area contributed by atoms with Crippen molar-refractivity contribution in [2.75, 3.05) is 7.05 Å². The van der Waals surface area contributed by atoms with E-state index in [0.717, 1.165) is 11.5 Å². The van der Waals surface area contributed by atoms with Gasteiger partial charge in [-0.15, -0.1) is 18.3 Å². The van der Waals surface area contributed by atoms with Gasteiger partial charge in [-0.05, 0) is 35.6 Å². The molecule has 2 aromatic rings. The number of carbonyl (C=O) groups excluding carboxylic acids is 1. The van der Waals surface area contributed by atoms with Gasteiger partial charge in [0.15, 0.2) is 0 Å². The summed E-state index contributed by atoms with van der Waals surface area (Å²) in [7, 11) is 1.61. The van der Waals surface area contributed by atoms with Gasteiger partial charge in [-0.2, -0.15) is 0 Å². The molecular formula is C14H14F3N3O2S. The van der Waals surface area contributed by atoms with E-state index in [1.807, 2.05) is 6.92 Å². The molecule has 0 saturated carbocycles. The first-order valence-corrected chi connectivity index (χ1v) is 7.49. The third kappa shape index (κ3) is 4.65.